The molecule has 1 spiro atoms. The number of anilines is 4. The SMILES string of the molecule is C=CC(=O)Nc1cc(Nc2nccc(-c3cn(C)c4ccccc34)n2)c(OC)cc1N1CC2(COC2)C1. The lowest BCUT2D eigenvalue weighted by atomic mass is 9.77. The maximum Gasteiger partial charge on any atom is 0.247 e. The molecule has 2 saturated heterocycles. The van der Waals surface area contributed by atoms with E-state index in [-0.39, 0.29) is 11.3 Å². The Bertz CT molecular complexity index is 1520. The maximum absolute atomic E-state index is 12.2. The van der Waals surface area contributed by atoms with Gasteiger partial charge in [-0.05, 0) is 24.3 Å². The van der Waals surface area contributed by atoms with Gasteiger partial charge in [-0.3, -0.25) is 4.79 Å². The number of ether oxygens (including phenoxy) is 2. The highest BCUT2D eigenvalue weighted by atomic mass is 16.5. The van der Waals surface area contributed by atoms with Crippen molar-refractivity contribution in [2.24, 2.45) is 12.5 Å². The van der Waals surface area contributed by atoms with Gasteiger partial charge >= 0.3 is 0 Å². The summed E-state index contributed by atoms with van der Waals surface area (Å²) in [7, 11) is 3.65. The number of methoxy groups -OCH3 is 1. The van der Waals surface area contributed by atoms with Crippen LogP contribution in [0, 0.1) is 5.41 Å². The molecule has 6 rings (SSSR count). The molecular formula is C28H28N6O3. The molecule has 0 radical (unpaired) electrons. The largest absolute Gasteiger partial charge is 0.494 e. The van der Waals surface area contributed by atoms with E-state index >= 15 is 0 Å². The van der Waals surface area contributed by atoms with Gasteiger partial charge in [-0.2, -0.15) is 0 Å². The van der Waals surface area contributed by atoms with Crippen molar-refractivity contribution in [1.82, 2.24) is 14.5 Å². The summed E-state index contributed by atoms with van der Waals surface area (Å²) in [6, 6.07) is 13.9. The zero-order valence-electron chi connectivity index (χ0n) is 20.8. The van der Waals surface area contributed by atoms with E-state index in [9.17, 15) is 4.79 Å². The highest BCUT2D eigenvalue weighted by Gasteiger charge is 2.49. The first-order valence-corrected chi connectivity index (χ1v) is 12.1. The lowest BCUT2D eigenvalue weighted by Crippen LogP contribution is -2.66. The predicted octanol–water partition coefficient (Wildman–Crippen LogP) is 4.35. The fourth-order valence-corrected chi connectivity index (χ4v) is 5.12. The van der Waals surface area contributed by atoms with Crippen LogP contribution in [0.25, 0.3) is 22.2 Å². The van der Waals surface area contributed by atoms with Gasteiger partial charge in [-0.15, -0.1) is 0 Å². The van der Waals surface area contributed by atoms with Gasteiger partial charge in [0.15, 0.2) is 0 Å². The number of hydrogen-bond donors (Lipinski definition) is 2. The molecule has 4 heterocycles. The van der Waals surface area contributed by atoms with Crippen LogP contribution in [0.1, 0.15) is 0 Å². The standard InChI is InChI=1S/C28H28N6O3/c1-4-26(35)30-21-11-22(25(36-3)12-24(21)34-14-28(15-34)16-37-17-28)32-27-29-10-9-20(31-27)19-13-33(2)23-8-6-5-7-18(19)23/h4-13H,1,14-17H2,2-3H3,(H,30,35)(H,29,31,32). The number of rotatable bonds is 7. The predicted molar refractivity (Wildman–Crippen MR) is 145 cm³/mol. The van der Waals surface area contributed by atoms with Gasteiger partial charge in [0.2, 0.25) is 11.9 Å². The molecule has 2 aliphatic rings. The molecule has 2 aliphatic heterocycles. The second-order valence-corrected chi connectivity index (χ2v) is 9.67. The molecule has 0 aliphatic carbocycles. The highest BCUT2D eigenvalue weighted by molar-refractivity contribution is 6.02. The van der Waals surface area contributed by atoms with Gasteiger partial charge in [0.25, 0.3) is 0 Å². The number of nitrogens with zero attached hydrogens (tertiary/aromatic N) is 4. The minimum absolute atomic E-state index is 0.222. The summed E-state index contributed by atoms with van der Waals surface area (Å²) in [5, 5.41) is 7.35. The topological polar surface area (TPSA) is 93.5 Å². The molecule has 1 amide bonds. The van der Waals surface area contributed by atoms with Crippen molar-refractivity contribution in [2.45, 2.75) is 0 Å². The summed E-state index contributed by atoms with van der Waals surface area (Å²) in [5.41, 5.74) is 5.37. The Morgan fingerprint density at radius 3 is 2.73 bits per heavy atom. The molecule has 0 atom stereocenters. The van der Waals surface area contributed by atoms with Gasteiger partial charge in [-0.1, -0.05) is 24.8 Å². The van der Waals surface area contributed by atoms with E-state index in [2.05, 4.69) is 50.0 Å². The van der Waals surface area contributed by atoms with Gasteiger partial charge in [0.1, 0.15) is 5.75 Å². The quantitative estimate of drug-likeness (QED) is 0.368. The summed E-state index contributed by atoms with van der Waals surface area (Å²) < 4.78 is 13.2. The number of benzene rings is 2. The molecular weight excluding hydrogens is 468 g/mol. The van der Waals surface area contributed by atoms with Crippen LogP contribution in [0.3, 0.4) is 0 Å². The highest BCUT2D eigenvalue weighted by Crippen LogP contribution is 2.45. The molecule has 4 aromatic rings. The van der Waals surface area contributed by atoms with E-state index < -0.39 is 0 Å². The Morgan fingerprint density at radius 2 is 2.00 bits per heavy atom. The zero-order valence-corrected chi connectivity index (χ0v) is 20.8. The number of carbonyl (C=O) groups is 1. The second kappa shape index (κ2) is 8.94. The fraction of sp³-hybridized carbons (Fsp3) is 0.250. The summed E-state index contributed by atoms with van der Waals surface area (Å²) in [6.45, 7) is 6.89. The fourth-order valence-electron chi connectivity index (χ4n) is 5.12. The lowest BCUT2D eigenvalue weighted by molar-refractivity contribution is -0.127. The summed E-state index contributed by atoms with van der Waals surface area (Å²) >= 11 is 0. The van der Waals surface area contributed by atoms with Crippen LogP contribution in [0.5, 0.6) is 5.75 Å². The van der Waals surface area contributed by atoms with Gasteiger partial charge < -0.3 is 29.6 Å². The molecule has 188 valence electrons. The van der Waals surface area contributed by atoms with Crippen LogP contribution < -0.4 is 20.3 Å². The number of aryl methyl sites for hydroxylation is 1. The number of carbonyl (C=O) groups excluding carboxylic acids is 1. The van der Waals surface area contributed by atoms with Crippen molar-refractivity contribution in [2.75, 3.05) is 48.9 Å². The molecule has 0 saturated carbocycles. The number of fused-ring (bicyclic) bond motifs is 1. The van der Waals surface area contributed by atoms with Gasteiger partial charge in [-0.25, -0.2) is 9.97 Å². The van der Waals surface area contributed by atoms with E-state index in [4.69, 9.17) is 14.5 Å². The normalized spacial score (nSPS) is 15.7. The van der Waals surface area contributed by atoms with Crippen LogP contribution in [0.4, 0.5) is 23.0 Å². The van der Waals surface area contributed by atoms with Crippen molar-refractivity contribution >= 4 is 39.8 Å². The number of amides is 1. The average Bonchev–Trinajstić information content (AvgIpc) is 3.20. The minimum atomic E-state index is -0.284. The second-order valence-electron chi connectivity index (χ2n) is 9.67. The van der Waals surface area contributed by atoms with E-state index in [1.54, 1.807) is 13.3 Å². The van der Waals surface area contributed by atoms with Gasteiger partial charge in [0, 0.05) is 55.1 Å². The smallest absolute Gasteiger partial charge is 0.247 e. The molecule has 2 N–H and O–H groups in total. The zero-order chi connectivity index (χ0) is 25.6. The van der Waals surface area contributed by atoms with E-state index in [1.165, 1.54) is 6.08 Å². The number of aromatic nitrogens is 3. The molecule has 9 nitrogen and oxygen atoms in total. The molecule has 9 heteroatoms. The third-order valence-corrected chi connectivity index (χ3v) is 7.05. The third-order valence-electron chi connectivity index (χ3n) is 7.05. The molecule has 2 aromatic heterocycles. The van der Waals surface area contributed by atoms with E-state index in [0.717, 1.165) is 54.2 Å². The Kier molecular flexibility index (Phi) is 5.57. The number of nitrogens with one attached hydrogen (secondary N) is 2. The molecule has 2 fully saturated rings. The van der Waals surface area contributed by atoms with Crippen molar-refractivity contribution in [1.29, 1.82) is 0 Å². The van der Waals surface area contributed by atoms with Crippen LogP contribution in [0.15, 0.2) is 67.5 Å². The molecule has 2 aromatic carbocycles. The van der Waals surface area contributed by atoms with Gasteiger partial charge in [0.05, 0.1) is 48.5 Å². The van der Waals surface area contributed by atoms with Crippen LogP contribution in [-0.2, 0) is 16.6 Å². The van der Waals surface area contributed by atoms with Crippen LogP contribution in [-0.4, -0.2) is 53.9 Å². The van der Waals surface area contributed by atoms with Crippen LogP contribution >= 0.6 is 0 Å². The maximum atomic E-state index is 12.2. The molecule has 0 unspecified atom stereocenters. The first-order chi connectivity index (χ1) is 18.0. The third kappa shape index (κ3) is 4.07. The lowest BCUT2D eigenvalue weighted by Gasteiger charge is -2.56. The summed E-state index contributed by atoms with van der Waals surface area (Å²) in [6.07, 6.45) is 5.06. The number of para-hydroxylation sites is 1. The average molecular weight is 497 g/mol. The van der Waals surface area contributed by atoms with E-state index in [1.807, 2.05) is 37.4 Å². The Morgan fingerprint density at radius 1 is 1.19 bits per heavy atom. The first kappa shape index (κ1) is 23.1. The molecule has 37 heavy (non-hydrogen) atoms. The first-order valence-electron chi connectivity index (χ1n) is 12.1. The monoisotopic (exact) mass is 496 g/mol. The number of hydrogen-bond acceptors (Lipinski definition) is 7. The summed E-state index contributed by atoms with van der Waals surface area (Å²) in [5.74, 6) is 0.761. The molecule has 0 bridgehead atoms. The summed E-state index contributed by atoms with van der Waals surface area (Å²) in [4.78, 5) is 23.7. The van der Waals surface area contributed by atoms with E-state index in [0.29, 0.717) is 23.1 Å². The van der Waals surface area contributed by atoms with Crippen molar-refractivity contribution in [3.8, 4) is 17.0 Å². The minimum Gasteiger partial charge on any atom is -0.494 e. The van der Waals surface area contributed by atoms with Crippen molar-refractivity contribution in [3.63, 3.8) is 0 Å². The van der Waals surface area contributed by atoms with Crippen molar-refractivity contribution < 1.29 is 14.3 Å². The Hall–Kier alpha value is -4.37. The van der Waals surface area contributed by atoms with Crippen molar-refractivity contribution in [3.05, 3.63) is 67.5 Å². The Balaban J connectivity index is 1.34. The Labute approximate surface area is 214 Å². The van der Waals surface area contributed by atoms with Crippen LogP contribution in [0.2, 0.25) is 0 Å².